The summed E-state index contributed by atoms with van der Waals surface area (Å²) in [6.45, 7) is 1.44. The number of thiazole rings is 1. The normalized spacial score (nSPS) is 16.7. The molecule has 2 heterocycles. The van der Waals surface area contributed by atoms with Gasteiger partial charge < -0.3 is 15.2 Å². The van der Waals surface area contributed by atoms with Crippen molar-refractivity contribution in [2.24, 2.45) is 0 Å². The molecule has 1 aromatic carbocycles. The highest BCUT2D eigenvalue weighted by atomic mass is 32.2. The standard InChI is InChI=1S/C12H14N2O2S2/c13-8-1-2-9-10(7-8)18-12(14-9)17-6-3-11-15-4-5-16-11/h1-2,7,11H,3-6,13H2. The third-order valence-electron chi connectivity index (χ3n) is 2.66. The van der Waals surface area contributed by atoms with Crippen LogP contribution >= 0.6 is 23.1 Å². The van der Waals surface area contributed by atoms with Gasteiger partial charge in [-0.3, -0.25) is 0 Å². The predicted molar refractivity (Wildman–Crippen MR) is 75.1 cm³/mol. The molecule has 0 spiro atoms. The molecule has 2 aromatic rings. The van der Waals surface area contributed by atoms with E-state index in [-0.39, 0.29) is 6.29 Å². The van der Waals surface area contributed by atoms with E-state index in [0.29, 0.717) is 0 Å². The molecule has 18 heavy (non-hydrogen) atoms. The van der Waals surface area contributed by atoms with E-state index in [1.807, 2.05) is 18.2 Å². The van der Waals surface area contributed by atoms with Crippen molar-refractivity contribution in [1.29, 1.82) is 0 Å². The minimum Gasteiger partial charge on any atom is -0.399 e. The van der Waals surface area contributed by atoms with Crippen molar-refractivity contribution in [1.82, 2.24) is 4.98 Å². The molecule has 0 bridgehead atoms. The molecule has 96 valence electrons. The Morgan fingerprint density at radius 2 is 2.22 bits per heavy atom. The minimum atomic E-state index is -0.0254. The molecule has 6 heteroatoms. The fourth-order valence-corrected chi connectivity index (χ4v) is 3.95. The van der Waals surface area contributed by atoms with E-state index in [1.165, 1.54) is 0 Å². The van der Waals surface area contributed by atoms with Gasteiger partial charge in [-0.2, -0.15) is 0 Å². The molecule has 2 N–H and O–H groups in total. The van der Waals surface area contributed by atoms with Crippen LogP contribution < -0.4 is 5.73 Å². The van der Waals surface area contributed by atoms with Gasteiger partial charge in [0.05, 0.1) is 23.4 Å². The fourth-order valence-electron chi connectivity index (χ4n) is 1.80. The highest BCUT2D eigenvalue weighted by Gasteiger charge is 2.15. The molecular weight excluding hydrogens is 268 g/mol. The van der Waals surface area contributed by atoms with Crippen LogP contribution in [0.15, 0.2) is 22.5 Å². The Kier molecular flexibility index (Phi) is 3.69. The summed E-state index contributed by atoms with van der Waals surface area (Å²) in [6.07, 6.45) is 0.880. The summed E-state index contributed by atoms with van der Waals surface area (Å²) in [5.41, 5.74) is 7.56. The number of anilines is 1. The van der Waals surface area contributed by atoms with E-state index in [9.17, 15) is 0 Å². The fraction of sp³-hybridized carbons (Fsp3) is 0.417. The van der Waals surface area contributed by atoms with Gasteiger partial charge in [0, 0.05) is 17.9 Å². The Morgan fingerprint density at radius 3 is 3.06 bits per heavy atom. The molecule has 4 nitrogen and oxygen atoms in total. The van der Waals surface area contributed by atoms with Crippen molar-refractivity contribution in [3.8, 4) is 0 Å². The molecule has 1 saturated heterocycles. The Balaban J connectivity index is 1.60. The average Bonchev–Trinajstić information content (AvgIpc) is 2.97. The summed E-state index contributed by atoms with van der Waals surface area (Å²) >= 11 is 3.43. The number of hydrogen-bond acceptors (Lipinski definition) is 6. The lowest BCUT2D eigenvalue weighted by Gasteiger charge is -2.06. The summed E-state index contributed by atoms with van der Waals surface area (Å²) in [7, 11) is 0. The van der Waals surface area contributed by atoms with Crippen molar-refractivity contribution >= 4 is 39.0 Å². The summed E-state index contributed by atoms with van der Waals surface area (Å²) in [6, 6.07) is 5.82. The van der Waals surface area contributed by atoms with Crippen LogP contribution in [-0.2, 0) is 9.47 Å². The van der Waals surface area contributed by atoms with Crippen molar-refractivity contribution in [3.63, 3.8) is 0 Å². The second-order valence-electron chi connectivity index (χ2n) is 4.02. The number of ether oxygens (including phenoxy) is 2. The average molecular weight is 282 g/mol. The van der Waals surface area contributed by atoms with Gasteiger partial charge in [0.25, 0.3) is 0 Å². The molecule has 0 saturated carbocycles. The van der Waals surface area contributed by atoms with E-state index in [0.717, 1.165) is 45.6 Å². The smallest absolute Gasteiger partial charge is 0.158 e. The Bertz CT molecular complexity index is 538. The van der Waals surface area contributed by atoms with Gasteiger partial charge >= 0.3 is 0 Å². The topological polar surface area (TPSA) is 57.4 Å². The van der Waals surface area contributed by atoms with Crippen molar-refractivity contribution in [2.75, 3.05) is 24.7 Å². The van der Waals surface area contributed by atoms with Crippen LogP contribution in [-0.4, -0.2) is 30.2 Å². The van der Waals surface area contributed by atoms with Gasteiger partial charge in [-0.1, -0.05) is 11.8 Å². The zero-order valence-electron chi connectivity index (χ0n) is 9.80. The molecule has 0 atom stereocenters. The predicted octanol–water partition coefficient (Wildman–Crippen LogP) is 2.73. The third kappa shape index (κ3) is 2.77. The Morgan fingerprint density at radius 1 is 1.39 bits per heavy atom. The molecule has 0 aliphatic carbocycles. The first-order chi connectivity index (χ1) is 8.81. The maximum atomic E-state index is 5.76. The van der Waals surface area contributed by atoms with Crippen LogP contribution in [0, 0.1) is 0 Å². The minimum absolute atomic E-state index is 0.0254. The molecule has 0 amide bonds. The summed E-state index contributed by atoms with van der Waals surface area (Å²) in [4.78, 5) is 4.56. The molecule has 0 unspecified atom stereocenters. The lowest BCUT2D eigenvalue weighted by Crippen LogP contribution is -2.08. The van der Waals surface area contributed by atoms with Gasteiger partial charge in [0.2, 0.25) is 0 Å². The number of fused-ring (bicyclic) bond motifs is 1. The number of nitrogens with zero attached hydrogens (tertiary/aromatic N) is 1. The van der Waals surface area contributed by atoms with E-state index >= 15 is 0 Å². The zero-order valence-corrected chi connectivity index (χ0v) is 11.4. The van der Waals surface area contributed by atoms with Crippen molar-refractivity contribution in [3.05, 3.63) is 18.2 Å². The number of rotatable bonds is 4. The van der Waals surface area contributed by atoms with Crippen molar-refractivity contribution in [2.45, 2.75) is 17.1 Å². The maximum Gasteiger partial charge on any atom is 0.158 e. The van der Waals surface area contributed by atoms with Crippen LogP contribution in [0.4, 0.5) is 5.69 Å². The first-order valence-corrected chi connectivity index (χ1v) is 7.63. The largest absolute Gasteiger partial charge is 0.399 e. The van der Waals surface area contributed by atoms with Gasteiger partial charge in [-0.15, -0.1) is 11.3 Å². The van der Waals surface area contributed by atoms with Crippen LogP contribution in [0.1, 0.15) is 6.42 Å². The molecule has 1 aliphatic rings. The number of aromatic nitrogens is 1. The number of hydrogen-bond donors (Lipinski definition) is 1. The summed E-state index contributed by atoms with van der Waals surface area (Å²) < 4.78 is 13.0. The van der Waals surface area contributed by atoms with E-state index < -0.39 is 0 Å². The molecule has 3 rings (SSSR count). The quantitative estimate of drug-likeness (QED) is 0.690. The molecule has 1 aromatic heterocycles. The molecular formula is C12H14N2O2S2. The molecule has 1 fully saturated rings. The van der Waals surface area contributed by atoms with Crippen LogP contribution in [0.5, 0.6) is 0 Å². The van der Waals surface area contributed by atoms with Crippen LogP contribution in [0.25, 0.3) is 10.2 Å². The van der Waals surface area contributed by atoms with Crippen LogP contribution in [0.3, 0.4) is 0 Å². The number of nitrogens with two attached hydrogens (primary N) is 1. The van der Waals surface area contributed by atoms with E-state index in [1.54, 1.807) is 23.1 Å². The zero-order chi connectivity index (χ0) is 12.4. The second-order valence-corrected chi connectivity index (χ2v) is 6.39. The summed E-state index contributed by atoms with van der Waals surface area (Å²) in [5, 5.41) is 0. The van der Waals surface area contributed by atoms with Gasteiger partial charge in [0.15, 0.2) is 10.6 Å². The van der Waals surface area contributed by atoms with Gasteiger partial charge in [0.1, 0.15) is 0 Å². The van der Waals surface area contributed by atoms with E-state index in [2.05, 4.69) is 4.98 Å². The number of thioether (sulfide) groups is 1. The lowest BCUT2D eigenvalue weighted by molar-refractivity contribution is -0.0421. The van der Waals surface area contributed by atoms with Crippen molar-refractivity contribution < 1.29 is 9.47 Å². The summed E-state index contributed by atoms with van der Waals surface area (Å²) in [5.74, 6) is 0.958. The van der Waals surface area contributed by atoms with E-state index in [4.69, 9.17) is 15.2 Å². The molecule has 1 aliphatic heterocycles. The molecule has 0 radical (unpaired) electrons. The SMILES string of the molecule is Nc1ccc2nc(SCCC3OCCO3)sc2c1. The first kappa shape index (κ1) is 12.2. The van der Waals surface area contributed by atoms with Crippen LogP contribution in [0.2, 0.25) is 0 Å². The Labute approximate surface area is 113 Å². The van der Waals surface area contributed by atoms with Gasteiger partial charge in [-0.25, -0.2) is 4.98 Å². The number of benzene rings is 1. The second kappa shape index (κ2) is 5.44. The number of nitrogen functional groups attached to an aromatic ring is 1. The highest BCUT2D eigenvalue weighted by Crippen LogP contribution is 2.31. The highest BCUT2D eigenvalue weighted by molar-refractivity contribution is 8.01. The monoisotopic (exact) mass is 282 g/mol. The Hall–Kier alpha value is -0.820. The van der Waals surface area contributed by atoms with Gasteiger partial charge in [-0.05, 0) is 18.2 Å². The first-order valence-electron chi connectivity index (χ1n) is 5.83. The third-order valence-corrected chi connectivity index (χ3v) is 4.86. The lowest BCUT2D eigenvalue weighted by atomic mass is 10.3. The maximum absolute atomic E-state index is 5.76.